The molecule has 2 N–H and O–H groups in total. The highest BCUT2D eigenvalue weighted by Crippen LogP contribution is 2.31. The summed E-state index contributed by atoms with van der Waals surface area (Å²) >= 11 is 0. The smallest absolute Gasteiger partial charge is 0.417 e. The Kier molecular flexibility index (Phi) is 5.10. The van der Waals surface area contributed by atoms with Crippen molar-refractivity contribution in [3.8, 4) is 0 Å². The minimum absolute atomic E-state index is 0.241. The minimum atomic E-state index is -4.69. The van der Waals surface area contributed by atoms with Crippen LogP contribution in [-0.2, 0) is 15.8 Å². The van der Waals surface area contributed by atoms with Gasteiger partial charge in [-0.15, -0.1) is 0 Å². The standard InChI is InChI=1S/C15H15F3N2O4/c16-15(17,18)10-5-2-1-4-9(10)13(22)19-8-12(21)20-7-3-6-11(20)14(23)24/h1-2,4-5,11H,3,6-8H2,(H,19,22)(H,23,24)/t11-/m0/s1. The summed E-state index contributed by atoms with van der Waals surface area (Å²) in [5.74, 6) is -2.82. The number of carbonyl (C=O) groups excluding carboxylic acids is 2. The van der Waals surface area contributed by atoms with Gasteiger partial charge in [0, 0.05) is 6.54 Å². The van der Waals surface area contributed by atoms with E-state index in [2.05, 4.69) is 5.32 Å². The van der Waals surface area contributed by atoms with Crippen LogP contribution in [0.1, 0.15) is 28.8 Å². The SMILES string of the molecule is O=C(NCC(=O)N1CCC[C@H]1C(=O)O)c1ccccc1C(F)(F)F. The molecule has 9 heteroatoms. The van der Waals surface area contributed by atoms with Gasteiger partial charge in [0.25, 0.3) is 5.91 Å². The van der Waals surface area contributed by atoms with E-state index in [1.54, 1.807) is 0 Å². The highest BCUT2D eigenvalue weighted by Gasteiger charge is 2.36. The number of nitrogens with one attached hydrogen (secondary N) is 1. The molecule has 0 radical (unpaired) electrons. The predicted octanol–water partition coefficient (Wildman–Crippen LogP) is 1.51. The van der Waals surface area contributed by atoms with Gasteiger partial charge >= 0.3 is 12.1 Å². The lowest BCUT2D eigenvalue weighted by molar-refractivity contribution is -0.147. The molecule has 1 saturated heterocycles. The lowest BCUT2D eigenvalue weighted by Gasteiger charge is -2.21. The monoisotopic (exact) mass is 344 g/mol. The predicted molar refractivity (Wildman–Crippen MR) is 76.1 cm³/mol. The number of carbonyl (C=O) groups is 3. The third-order valence-corrected chi connectivity index (χ3v) is 3.74. The number of aliphatic carboxylic acids is 1. The van der Waals surface area contributed by atoms with Crippen molar-refractivity contribution < 1.29 is 32.7 Å². The zero-order valence-electron chi connectivity index (χ0n) is 12.5. The van der Waals surface area contributed by atoms with Crippen molar-refractivity contribution in [1.82, 2.24) is 10.2 Å². The molecule has 1 aromatic rings. The van der Waals surface area contributed by atoms with Crippen LogP contribution in [0.2, 0.25) is 0 Å². The van der Waals surface area contributed by atoms with E-state index in [0.29, 0.717) is 12.8 Å². The largest absolute Gasteiger partial charge is 0.480 e. The summed E-state index contributed by atoms with van der Waals surface area (Å²) in [4.78, 5) is 36.1. The summed E-state index contributed by atoms with van der Waals surface area (Å²) in [7, 11) is 0. The zero-order valence-corrected chi connectivity index (χ0v) is 12.5. The molecule has 1 aliphatic rings. The number of hydrogen-bond donors (Lipinski definition) is 2. The highest BCUT2D eigenvalue weighted by atomic mass is 19.4. The van der Waals surface area contributed by atoms with Crippen LogP contribution in [0.15, 0.2) is 24.3 Å². The molecule has 2 amide bonds. The Labute approximate surface area is 135 Å². The molecule has 1 aromatic carbocycles. The van der Waals surface area contributed by atoms with Gasteiger partial charge in [0.1, 0.15) is 6.04 Å². The Morgan fingerprint density at radius 1 is 1.25 bits per heavy atom. The number of amides is 2. The van der Waals surface area contributed by atoms with E-state index in [9.17, 15) is 27.6 Å². The second-order valence-electron chi connectivity index (χ2n) is 5.31. The van der Waals surface area contributed by atoms with E-state index in [0.717, 1.165) is 23.1 Å². The number of alkyl halides is 3. The maximum absolute atomic E-state index is 12.9. The maximum atomic E-state index is 12.9. The topological polar surface area (TPSA) is 86.7 Å². The molecule has 0 spiro atoms. The molecule has 0 aliphatic carbocycles. The van der Waals surface area contributed by atoms with Gasteiger partial charge in [-0.05, 0) is 25.0 Å². The number of rotatable bonds is 4. The third kappa shape index (κ3) is 3.84. The second-order valence-corrected chi connectivity index (χ2v) is 5.31. The normalized spacial score (nSPS) is 17.6. The van der Waals surface area contributed by atoms with E-state index < -0.39 is 47.7 Å². The maximum Gasteiger partial charge on any atom is 0.417 e. The van der Waals surface area contributed by atoms with Crippen molar-refractivity contribution in [3.63, 3.8) is 0 Å². The summed E-state index contributed by atoms with van der Waals surface area (Å²) in [6.07, 6.45) is -3.86. The highest BCUT2D eigenvalue weighted by molar-refractivity contribution is 5.98. The molecule has 2 rings (SSSR count). The summed E-state index contributed by atoms with van der Waals surface area (Å²) in [5.41, 5.74) is -1.69. The zero-order chi connectivity index (χ0) is 17.9. The molecule has 1 fully saturated rings. The fourth-order valence-electron chi connectivity index (χ4n) is 2.60. The number of hydrogen-bond acceptors (Lipinski definition) is 3. The molecule has 6 nitrogen and oxygen atoms in total. The summed E-state index contributed by atoms with van der Waals surface area (Å²) in [6.45, 7) is -0.320. The number of carboxylic acid groups (broad SMARTS) is 1. The van der Waals surface area contributed by atoms with E-state index in [-0.39, 0.29) is 6.54 Å². The number of likely N-dealkylation sites (tertiary alicyclic amines) is 1. The molecule has 1 atom stereocenters. The Bertz CT molecular complexity index is 660. The lowest BCUT2D eigenvalue weighted by Crippen LogP contribution is -2.45. The molecule has 24 heavy (non-hydrogen) atoms. The van der Waals surface area contributed by atoms with Gasteiger partial charge in [0.2, 0.25) is 5.91 Å². The first-order chi connectivity index (χ1) is 11.2. The first kappa shape index (κ1) is 17.8. The minimum Gasteiger partial charge on any atom is -0.480 e. The van der Waals surface area contributed by atoms with Crippen LogP contribution in [-0.4, -0.2) is 46.9 Å². The fraction of sp³-hybridized carbons (Fsp3) is 0.400. The van der Waals surface area contributed by atoms with Crippen molar-refractivity contribution in [3.05, 3.63) is 35.4 Å². The number of halogens is 3. The number of nitrogens with zero attached hydrogens (tertiary/aromatic N) is 1. The van der Waals surface area contributed by atoms with Crippen LogP contribution in [0, 0.1) is 0 Å². The molecule has 0 aromatic heterocycles. The average molecular weight is 344 g/mol. The Balaban J connectivity index is 2.04. The molecule has 130 valence electrons. The van der Waals surface area contributed by atoms with Gasteiger partial charge in [-0.3, -0.25) is 9.59 Å². The van der Waals surface area contributed by atoms with Crippen molar-refractivity contribution >= 4 is 17.8 Å². The quantitative estimate of drug-likeness (QED) is 0.867. The van der Waals surface area contributed by atoms with Crippen LogP contribution < -0.4 is 5.32 Å². The van der Waals surface area contributed by atoms with Gasteiger partial charge in [-0.1, -0.05) is 12.1 Å². The van der Waals surface area contributed by atoms with Gasteiger partial charge in [-0.2, -0.15) is 13.2 Å². The lowest BCUT2D eigenvalue weighted by atomic mass is 10.1. The second kappa shape index (κ2) is 6.90. The number of carboxylic acids is 1. The summed E-state index contributed by atoms with van der Waals surface area (Å²) in [6, 6.07) is 3.27. The molecule has 1 heterocycles. The van der Waals surface area contributed by atoms with E-state index >= 15 is 0 Å². The molecule has 1 aliphatic heterocycles. The third-order valence-electron chi connectivity index (χ3n) is 3.74. The van der Waals surface area contributed by atoms with E-state index in [1.165, 1.54) is 6.07 Å². The average Bonchev–Trinajstić information content (AvgIpc) is 3.01. The van der Waals surface area contributed by atoms with Crippen molar-refractivity contribution in [1.29, 1.82) is 0 Å². The molecular formula is C15H15F3N2O4. The van der Waals surface area contributed by atoms with Gasteiger partial charge in [-0.25, -0.2) is 4.79 Å². The molecule has 0 bridgehead atoms. The van der Waals surface area contributed by atoms with Gasteiger partial charge in [0.05, 0.1) is 17.7 Å². The molecule has 0 saturated carbocycles. The van der Waals surface area contributed by atoms with Crippen LogP contribution in [0.4, 0.5) is 13.2 Å². The number of benzene rings is 1. The van der Waals surface area contributed by atoms with Crippen LogP contribution in [0.5, 0.6) is 0 Å². The molecular weight excluding hydrogens is 329 g/mol. The Hall–Kier alpha value is -2.58. The van der Waals surface area contributed by atoms with Crippen molar-refractivity contribution in [2.45, 2.75) is 25.1 Å². The first-order valence-electron chi connectivity index (χ1n) is 7.18. The van der Waals surface area contributed by atoms with E-state index in [4.69, 9.17) is 5.11 Å². The summed E-state index contributed by atoms with van der Waals surface area (Å²) < 4.78 is 38.6. The van der Waals surface area contributed by atoms with Gasteiger partial charge < -0.3 is 15.3 Å². The Morgan fingerprint density at radius 3 is 2.54 bits per heavy atom. The van der Waals surface area contributed by atoms with Crippen LogP contribution in [0.25, 0.3) is 0 Å². The van der Waals surface area contributed by atoms with Crippen molar-refractivity contribution in [2.24, 2.45) is 0 Å². The van der Waals surface area contributed by atoms with Crippen LogP contribution in [0.3, 0.4) is 0 Å². The van der Waals surface area contributed by atoms with E-state index in [1.807, 2.05) is 0 Å². The fourth-order valence-corrected chi connectivity index (χ4v) is 2.60. The van der Waals surface area contributed by atoms with Gasteiger partial charge in [0.15, 0.2) is 0 Å². The Morgan fingerprint density at radius 2 is 1.92 bits per heavy atom. The summed E-state index contributed by atoms with van der Waals surface area (Å²) in [5, 5.41) is 11.1. The van der Waals surface area contributed by atoms with Crippen molar-refractivity contribution in [2.75, 3.05) is 13.1 Å². The first-order valence-corrected chi connectivity index (χ1v) is 7.18. The van der Waals surface area contributed by atoms with Crippen LogP contribution >= 0.6 is 0 Å². The molecule has 0 unspecified atom stereocenters.